The summed E-state index contributed by atoms with van der Waals surface area (Å²) in [6, 6.07) is 2.56. The summed E-state index contributed by atoms with van der Waals surface area (Å²) in [6.45, 7) is 1.68. The molecule has 0 spiro atoms. The lowest BCUT2D eigenvalue weighted by atomic mass is 9.99. The number of nitro groups is 1. The Kier molecular flexibility index (Phi) is 14.3. The first-order valence-corrected chi connectivity index (χ1v) is 13.0. The van der Waals surface area contributed by atoms with Gasteiger partial charge in [-0.1, -0.05) is 5.11 Å². The molecule has 6 atom stereocenters. The van der Waals surface area contributed by atoms with E-state index in [0.717, 1.165) is 0 Å². The van der Waals surface area contributed by atoms with Gasteiger partial charge in [-0.3, -0.25) is 10.1 Å². The maximum atomic E-state index is 12.3. The molecule has 17 heteroatoms. The number of rotatable bonds is 17. The molecule has 1 aliphatic heterocycles. The maximum Gasteiger partial charge on any atom is 0.407 e. The van der Waals surface area contributed by atoms with E-state index in [-0.39, 0.29) is 49.1 Å². The SMILES string of the molecule is COc1cc(C(C)OC(=O)NCCCCCOC2OC(CO)C(O)C(O)C2O)c([N+](=O)[O-])cc1OCCCN=[N+]=[N-]. The predicted octanol–water partition coefficient (Wildman–Crippen LogP) is 1.46. The fourth-order valence-corrected chi connectivity index (χ4v) is 3.95. The third-order valence-electron chi connectivity index (χ3n) is 6.18. The molecule has 0 aromatic heterocycles. The van der Waals surface area contributed by atoms with Gasteiger partial charge < -0.3 is 49.4 Å². The van der Waals surface area contributed by atoms with E-state index in [2.05, 4.69) is 15.3 Å². The number of nitrogens with zero attached hydrogens (tertiary/aromatic N) is 4. The average molecular weight is 588 g/mol. The van der Waals surface area contributed by atoms with Crippen LogP contribution in [0, 0.1) is 10.1 Å². The monoisotopic (exact) mass is 587 g/mol. The number of carbonyl (C=O) groups excluding carboxylic acids is 1. The zero-order valence-corrected chi connectivity index (χ0v) is 22.8. The zero-order valence-electron chi connectivity index (χ0n) is 22.8. The minimum Gasteiger partial charge on any atom is -0.493 e. The number of unbranched alkanes of at least 4 members (excludes halogenated alkanes) is 2. The first kappa shape index (κ1) is 33.8. The van der Waals surface area contributed by atoms with E-state index in [0.29, 0.717) is 25.7 Å². The van der Waals surface area contributed by atoms with Gasteiger partial charge >= 0.3 is 6.09 Å². The van der Waals surface area contributed by atoms with E-state index in [4.69, 9.17) is 29.2 Å². The predicted molar refractivity (Wildman–Crippen MR) is 140 cm³/mol. The largest absolute Gasteiger partial charge is 0.493 e. The van der Waals surface area contributed by atoms with Crippen LogP contribution in [0.25, 0.3) is 10.4 Å². The Morgan fingerprint density at radius 2 is 1.93 bits per heavy atom. The van der Waals surface area contributed by atoms with Gasteiger partial charge in [-0.15, -0.1) is 0 Å². The van der Waals surface area contributed by atoms with Crippen molar-refractivity contribution in [3.63, 3.8) is 0 Å². The summed E-state index contributed by atoms with van der Waals surface area (Å²) in [5, 5.41) is 56.4. The van der Waals surface area contributed by atoms with Crippen LogP contribution in [0.4, 0.5) is 10.5 Å². The molecule has 41 heavy (non-hydrogen) atoms. The Balaban J connectivity index is 1.78. The Morgan fingerprint density at radius 3 is 2.59 bits per heavy atom. The van der Waals surface area contributed by atoms with Crippen molar-refractivity contribution in [3.05, 3.63) is 38.3 Å². The molecule has 1 aromatic rings. The third kappa shape index (κ3) is 10.2. The minimum absolute atomic E-state index is 0.105. The van der Waals surface area contributed by atoms with Crippen LogP contribution >= 0.6 is 0 Å². The van der Waals surface area contributed by atoms with Gasteiger partial charge in [0.2, 0.25) is 0 Å². The molecular formula is C24H37N5O12. The molecule has 1 heterocycles. The number of amides is 1. The number of nitrogens with one attached hydrogen (secondary N) is 1. The third-order valence-corrected chi connectivity index (χ3v) is 6.18. The van der Waals surface area contributed by atoms with Crippen molar-refractivity contribution < 1.29 is 53.8 Å². The summed E-state index contributed by atoms with van der Waals surface area (Å²) >= 11 is 0. The first-order chi connectivity index (χ1) is 19.6. The van der Waals surface area contributed by atoms with Gasteiger partial charge in [-0.05, 0) is 44.2 Å². The van der Waals surface area contributed by atoms with Gasteiger partial charge in [-0.25, -0.2) is 4.79 Å². The number of nitro benzene ring substituents is 1. The summed E-state index contributed by atoms with van der Waals surface area (Å²) in [5.41, 5.74) is 8.10. The molecule has 0 aliphatic carbocycles. The van der Waals surface area contributed by atoms with Gasteiger partial charge in [0.05, 0.1) is 36.9 Å². The van der Waals surface area contributed by atoms with Crippen LogP contribution in [-0.2, 0) is 14.2 Å². The highest BCUT2D eigenvalue weighted by Gasteiger charge is 2.43. The number of hydrogen-bond donors (Lipinski definition) is 5. The van der Waals surface area contributed by atoms with Crippen LogP contribution in [0.1, 0.15) is 44.3 Å². The van der Waals surface area contributed by atoms with Crippen molar-refractivity contribution in [2.24, 2.45) is 5.11 Å². The molecule has 0 radical (unpaired) electrons. The van der Waals surface area contributed by atoms with Gasteiger partial charge in [0.15, 0.2) is 17.8 Å². The van der Waals surface area contributed by atoms with Crippen LogP contribution in [0.5, 0.6) is 11.5 Å². The van der Waals surface area contributed by atoms with E-state index >= 15 is 0 Å². The van der Waals surface area contributed by atoms with Gasteiger partial charge in [-0.2, -0.15) is 0 Å². The second-order valence-electron chi connectivity index (χ2n) is 9.08. The van der Waals surface area contributed by atoms with Crippen LogP contribution in [0.2, 0.25) is 0 Å². The minimum atomic E-state index is -1.52. The second kappa shape index (κ2) is 17.4. The van der Waals surface area contributed by atoms with Crippen molar-refractivity contribution in [3.8, 4) is 11.5 Å². The molecule has 6 unspecified atom stereocenters. The maximum absolute atomic E-state index is 12.3. The number of ether oxygens (including phenoxy) is 5. The number of methoxy groups -OCH3 is 1. The average Bonchev–Trinajstić information content (AvgIpc) is 2.95. The van der Waals surface area contributed by atoms with E-state index in [1.54, 1.807) is 0 Å². The number of azide groups is 1. The van der Waals surface area contributed by atoms with Crippen LogP contribution in [0.15, 0.2) is 17.2 Å². The van der Waals surface area contributed by atoms with Crippen LogP contribution in [0.3, 0.4) is 0 Å². The molecule has 1 amide bonds. The fraction of sp³-hybridized carbons (Fsp3) is 0.708. The lowest BCUT2D eigenvalue weighted by Gasteiger charge is -2.39. The molecule has 2 rings (SSSR count). The summed E-state index contributed by atoms with van der Waals surface area (Å²) in [4.78, 5) is 26.0. The molecule has 1 fully saturated rings. The second-order valence-corrected chi connectivity index (χ2v) is 9.08. The highest BCUT2D eigenvalue weighted by atomic mass is 16.7. The lowest BCUT2D eigenvalue weighted by molar-refractivity contribution is -0.386. The van der Waals surface area contributed by atoms with Gasteiger partial charge in [0, 0.05) is 24.6 Å². The number of carbonyl (C=O) groups is 1. The number of aliphatic hydroxyl groups is 4. The molecule has 0 saturated carbocycles. The quantitative estimate of drug-likeness (QED) is 0.0434. The number of aliphatic hydroxyl groups excluding tert-OH is 4. The molecular weight excluding hydrogens is 550 g/mol. The Bertz CT molecular complexity index is 1040. The van der Waals surface area contributed by atoms with Gasteiger partial charge in [0.25, 0.3) is 5.69 Å². The van der Waals surface area contributed by atoms with Crippen molar-refractivity contribution in [2.45, 2.75) is 69.4 Å². The molecule has 17 nitrogen and oxygen atoms in total. The highest BCUT2D eigenvalue weighted by molar-refractivity contribution is 5.68. The van der Waals surface area contributed by atoms with Crippen molar-refractivity contribution in [1.82, 2.24) is 5.32 Å². The van der Waals surface area contributed by atoms with E-state index in [1.165, 1.54) is 26.2 Å². The van der Waals surface area contributed by atoms with Crippen molar-refractivity contribution >= 4 is 11.8 Å². The lowest BCUT2D eigenvalue weighted by Crippen LogP contribution is -2.59. The number of hydrogen-bond acceptors (Lipinski definition) is 13. The molecule has 1 aromatic carbocycles. The summed E-state index contributed by atoms with van der Waals surface area (Å²) < 4.78 is 26.8. The standard InChI is InChI=1S/C24H37N5O12/c1-14(15-11-17(37-2)18(12-16(15)29(35)36)38-10-6-8-27-28-25)40-24(34)26-7-4-3-5-9-39-23-22(33)21(32)20(31)19(13-30)41-23/h11-12,14,19-23,30-33H,3-10,13H2,1-2H3,(H,26,34). The van der Waals surface area contributed by atoms with E-state index in [1.807, 2.05) is 0 Å². The van der Waals surface area contributed by atoms with E-state index < -0.39 is 54.4 Å². The number of benzene rings is 1. The summed E-state index contributed by atoms with van der Waals surface area (Å²) in [6.07, 6.45) is -6.39. The highest BCUT2D eigenvalue weighted by Crippen LogP contribution is 2.38. The zero-order chi connectivity index (χ0) is 30.4. The summed E-state index contributed by atoms with van der Waals surface area (Å²) in [5.74, 6) is 0.326. The van der Waals surface area contributed by atoms with Crippen molar-refractivity contribution in [2.75, 3.05) is 40.0 Å². The normalized spacial score (nSPS) is 22.7. The van der Waals surface area contributed by atoms with E-state index in [9.17, 15) is 35.3 Å². The summed E-state index contributed by atoms with van der Waals surface area (Å²) in [7, 11) is 1.37. The topological polar surface area (TPSA) is 248 Å². The Labute approximate surface area is 235 Å². The Morgan fingerprint density at radius 1 is 1.17 bits per heavy atom. The molecule has 0 bridgehead atoms. The van der Waals surface area contributed by atoms with Gasteiger partial charge in [0.1, 0.15) is 30.5 Å². The fourth-order valence-electron chi connectivity index (χ4n) is 3.95. The molecule has 1 aliphatic rings. The van der Waals surface area contributed by atoms with Crippen LogP contribution in [-0.4, -0.2) is 102 Å². The number of alkyl carbamates (subject to hydrolysis) is 1. The molecule has 230 valence electrons. The Hall–Kier alpha value is -3.44. The first-order valence-electron chi connectivity index (χ1n) is 13.0. The van der Waals surface area contributed by atoms with Crippen molar-refractivity contribution in [1.29, 1.82) is 0 Å². The molecule has 1 saturated heterocycles. The molecule has 5 N–H and O–H groups in total. The van der Waals surface area contributed by atoms with Crippen LogP contribution < -0.4 is 14.8 Å². The smallest absolute Gasteiger partial charge is 0.407 e.